The Hall–Kier alpha value is -1.66. The van der Waals surface area contributed by atoms with Crippen LogP contribution in [-0.4, -0.2) is 35.1 Å². The summed E-state index contributed by atoms with van der Waals surface area (Å²) >= 11 is 0. The maximum Gasteiger partial charge on any atom is 0.256 e. The maximum atomic E-state index is 13.6. The van der Waals surface area contributed by atoms with Gasteiger partial charge in [0, 0.05) is 7.05 Å². The van der Waals surface area contributed by atoms with Crippen molar-refractivity contribution < 1.29 is 14.3 Å². The molecule has 1 saturated carbocycles. The fourth-order valence-electron chi connectivity index (χ4n) is 2.73. The smallest absolute Gasteiger partial charge is 0.256 e. The lowest BCUT2D eigenvalue weighted by Gasteiger charge is -2.35. The van der Waals surface area contributed by atoms with Crippen molar-refractivity contribution >= 4 is 11.6 Å². The van der Waals surface area contributed by atoms with Crippen LogP contribution in [0.5, 0.6) is 0 Å². The van der Waals surface area contributed by atoms with E-state index in [9.17, 15) is 14.3 Å². The third kappa shape index (κ3) is 2.76. The molecule has 0 aromatic heterocycles. The second-order valence-corrected chi connectivity index (χ2v) is 5.14. The summed E-state index contributed by atoms with van der Waals surface area (Å²) in [5.41, 5.74) is 2.38. The van der Waals surface area contributed by atoms with Gasteiger partial charge in [-0.3, -0.25) is 10.6 Å². The molecule has 110 valence electrons. The summed E-state index contributed by atoms with van der Waals surface area (Å²) in [6, 6.07) is 3.99. The number of hydrazine groups is 1. The molecule has 1 aliphatic rings. The van der Waals surface area contributed by atoms with Gasteiger partial charge < -0.3 is 15.4 Å². The number of aliphatic hydroxyl groups excluding tert-OH is 1. The number of carbonyl (C=O) groups is 1. The Morgan fingerprint density at radius 1 is 1.45 bits per heavy atom. The molecule has 0 spiro atoms. The molecule has 6 heteroatoms. The highest BCUT2D eigenvalue weighted by Gasteiger charge is 2.30. The predicted octanol–water partition coefficient (Wildman–Crippen LogP) is 1.49. The molecule has 2 unspecified atom stereocenters. The minimum absolute atomic E-state index is 0.0188. The quantitative estimate of drug-likeness (QED) is 0.579. The number of rotatable bonds is 3. The number of anilines is 1. The molecule has 1 fully saturated rings. The van der Waals surface area contributed by atoms with E-state index in [2.05, 4.69) is 5.43 Å². The van der Waals surface area contributed by atoms with Crippen LogP contribution in [-0.2, 0) is 0 Å². The summed E-state index contributed by atoms with van der Waals surface area (Å²) in [7, 11) is 1.63. The molecule has 0 bridgehead atoms. The molecule has 20 heavy (non-hydrogen) atoms. The largest absolute Gasteiger partial charge is 0.391 e. The summed E-state index contributed by atoms with van der Waals surface area (Å²) in [4.78, 5) is 14.0. The van der Waals surface area contributed by atoms with Crippen molar-refractivity contribution in [3.05, 3.63) is 29.6 Å². The number of amides is 1. The average molecular weight is 281 g/mol. The van der Waals surface area contributed by atoms with Crippen molar-refractivity contribution in [2.45, 2.75) is 37.8 Å². The van der Waals surface area contributed by atoms with E-state index in [0.717, 1.165) is 19.3 Å². The number of nitrogens with two attached hydrogens (primary N) is 1. The van der Waals surface area contributed by atoms with Gasteiger partial charge in [-0.25, -0.2) is 4.39 Å². The van der Waals surface area contributed by atoms with Gasteiger partial charge in [-0.05, 0) is 25.0 Å². The van der Waals surface area contributed by atoms with Gasteiger partial charge in [-0.1, -0.05) is 18.9 Å². The van der Waals surface area contributed by atoms with Crippen molar-refractivity contribution in [1.29, 1.82) is 0 Å². The second kappa shape index (κ2) is 6.19. The molecule has 0 aliphatic heterocycles. The van der Waals surface area contributed by atoms with E-state index in [4.69, 9.17) is 5.84 Å². The lowest BCUT2D eigenvalue weighted by Crippen LogP contribution is -2.46. The van der Waals surface area contributed by atoms with Gasteiger partial charge in [-0.15, -0.1) is 0 Å². The van der Waals surface area contributed by atoms with Crippen molar-refractivity contribution in [1.82, 2.24) is 4.90 Å². The predicted molar refractivity (Wildman–Crippen MR) is 74.6 cm³/mol. The number of para-hydroxylation sites is 1. The molecule has 1 aromatic carbocycles. The highest BCUT2D eigenvalue weighted by atomic mass is 19.1. The fourth-order valence-corrected chi connectivity index (χ4v) is 2.73. The number of hydrogen-bond acceptors (Lipinski definition) is 4. The number of likely N-dealkylation sites (N-methyl/N-ethyl adjacent to an activating group) is 1. The molecule has 0 radical (unpaired) electrons. The van der Waals surface area contributed by atoms with Crippen LogP contribution in [0.4, 0.5) is 10.1 Å². The van der Waals surface area contributed by atoms with E-state index < -0.39 is 11.9 Å². The number of nitrogen functional groups attached to an aromatic ring is 1. The van der Waals surface area contributed by atoms with Crippen molar-refractivity contribution in [2.75, 3.05) is 12.5 Å². The lowest BCUT2D eigenvalue weighted by atomic mass is 9.91. The number of nitrogens with zero attached hydrogens (tertiary/aromatic N) is 1. The SMILES string of the molecule is CN(C(=O)c1cccc(F)c1NN)C1CCCCC1O. The zero-order valence-corrected chi connectivity index (χ0v) is 11.5. The molecule has 1 aromatic rings. The highest BCUT2D eigenvalue weighted by Crippen LogP contribution is 2.26. The van der Waals surface area contributed by atoms with Crippen LogP contribution in [0.2, 0.25) is 0 Å². The molecule has 2 rings (SSSR count). The number of carbonyl (C=O) groups excluding carboxylic acids is 1. The van der Waals surface area contributed by atoms with Crippen LogP contribution in [0, 0.1) is 5.82 Å². The third-order valence-electron chi connectivity index (χ3n) is 3.90. The van der Waals surface area contributed by atoms with Crippen molar-refractivity contribution in [3.8, 4) is 0 Å². The van der Waals surface area contributed by atoms with E-state index in [1.165, 1.54) is 23.1 Å². The zero-order valence-electron chi connectivity index (χ0n) is 11.5. The van der Waals surface area contributed by atoms with Crippen LogP contribution in [0.1, 0.15) is 36.0 Å². The third-order valence-corrected chi connectivity index (χ3v) is 3.90. The van der Waals surface area contributed by atoms with E-state index in [1.807, 2.05) is 0 Å². The Bertz CT molecular complexity index is 495. The molecule has 2 atom stereocenters. The van der Waals surface area contributed by atoms with Crippen LogP contribution >= 0.6 is 0 Å². The topological polar surface area (TPSA) is 78.6 Å². The Morgan fingerprint density at radius 3 is 2.80 bits per heavy atom. The molecule has 0 saturated heterocycles. The molecule has 1 aliphatic carbocycles. The first kappa shape index (κ1) is 14.7. The molecular formula is C14H20FN3O2. The molecule has 0 heterocycles. The van der Waals surface area contributed by atoms with Crippen molar-refractivity contribution in [3.63, 3.8) is 0 Å². The van der Waals surface area contributed by atoms with Crippen LogP contribution < -0.4 is 11.3 Å². The number of benzene rings is 1. The number of hydrogen-bond donors (Lipinski definition) is 3. The normalized spacial score (nSPS) is 22.4. The molecule has 1 amide bonds. The van der Waals surface area contributed by atoms with Crippen LogP contribution in [0.3, 0.4) is 0 Å². The standard InChI is InChI=1S/C14H20FN3O2/c1-18(11-7-2-3-8-12(11)19)14(20)9-5-4-6-10(15)13(9)17-16/h4-6,11-12,17,19H,2-3,7-8,16H2,1H3. The number of halogens is 1. The molecular weight excluding hydrogens is 261 g/mol. The van der Waals surface area contributed by atoms with Gasteiger partial charge in [-0.2, -0.15) is 0 Å². The van der Waals surface area contributed by atoms with Gasteiger partial charge in [0.05, 0.1) is 23.4 Å². The summed E-state index contributed by atoms with van der Waals surface area (Å²) < 4.78 is 13.6. The Kier molecular flexibility index (Phi) is 4.57. The molecule has 5 nitrogen and oxygen atoms in total. The summed E-state index contributed by atoms with van der Waals surface area (Å²) in [6.45, 7) is 0. The van der Waals surface area contributed by atoms with E-state index >= 15 is 0 Å². The zero-order chi connectivity index (χ0) is 14.7. The number of aliphatic hydroxyl groups is 1. The van der Waals surface area contributed by atoms with Crippen LogP contribution in [0.15, 0.2) is 18.2 Å². The number of nitrogens with one attached hydrogen (secondary N) is 1. The minimum atomic E-state index is -0.573. The maximum absolute atomic E-state index is 13.6. The molecule has 4 N–H and O–H groups in total. The van der Waals surface area contributed by atoms with Crippen molar-refractivity contribution in [2.24, 2.45) is 5.84 Å². The average Bonchev–Trinajstić information content (AvgIpc) is 2.46. The fraction of sp³-hybridized carbons (Fsp3) is 0.500. The second-order valence-electron chi connectivity index (χ2n) is 5.14. The summed E-state index contributed by atoms with van der Waals surface area (Å²) in [5, 5.41) is 10.0. The Labute approximate surface area is 117 Å². The van der Waals surface area contributed by atoms with Gasteiger partial charge in [0.2, 0.25) is 0 Å². The van der Waals surface area contributed by atoms with Gasteiger partial charge in [0.15, 0.2) is 0 Å². The lowest BCUT2D eigenvalue weighted by molar-refractivity contribution is 0.0268. The van der Waals surface area contributed by atoms with E-state index in [1.54, 1.807) is 7.05 Å². The van der Waals surface area contributed by atoms with E-state index in [0.29, 0.717) is 6.42 Å². The van der Waals surface area contributed by atoms with Gasteiger partial charge >= 0.3 is 0 Å². The summed E-state index contributed by atoms with van der Waals surface area (Å²) in [5.74, 6) is 4.37. The first-order chi connectivity index (χ1) is 9.56. The van der Waals surface area contributed by atoms with E-state index in [-0.39, 0.29) is 23.2 Å². The first-order valence-electron chi connectivity index (χ1n) is 6.76. The summed E-state index contributed by atoms with van der Waals surface area (Å²) in [6.07, 6.45) is 2.86. The van der Waals surface area contributed by atoms with Gasteiger partial charge in [0.25, 0.3) is 5.91 Å². The minimum Gasteiger partial charge on any atom is -0.391 e. The van der Waals surface area contributed by atoms with Crippen LogP contribution in [0.25, 0.3) is 0 Å². The van der Waals surface area contributed by atoms with Gasteiger partial charge in [0.1, 0.15) is 5.82 Å². The Balaban J connectivity index is 2.24. The first-order valence-corrected chi connectivity index (χ1v) is 6.76. The monoisotopic (exact) mass is 281 g/mol. The highest BCUT2D eigenvalue weighted by molar-refractivity contribution is 5.99. The Morgan fingerprint density at radius 2 is 2.15 bits per heavy atom.